The van der Waals surface area contributed by atoms with Gasteiger partial charge in [0.15, 0.2) is 0 Å². The second-order valence-corrected chi connectivity index (χ2v) is 5.60. The molecule has 21 heavy (non-hydrogen) atoms. The Morgan fingerprint density at radius 2 is 1.67 bits per heavy atom. The van der Waals surface area contributed by atoms with Crippen molar-refractivity contribution in [1.29, 1.82) is 0 Å². The van der Waals surface area contributed by atoms with Gasteiger partial charge in [0.05, 0.1) is 6.04 Å². The van der Waals surface area contributed by atoms with Gasteiger partial charge in [0.1, 0.15) is 0 Å². The lowest BCUT2D eigenvalue weighted by atomic mass is 10.1. The lowest BCUT2D eigenvalue weighted by Gasteiger charge is -2.12. The molecule has 3 rings (SSSR count). The van der Waals surface area contributed by atoms with Crippen molar-refractivity contribution in [1.82, 2.24) is 0 Å². The molecular formula is C18H21ClN2. The summed E-state index contributed by atoms with van der Waals surface area (Å²) in [7, 11) is 4.12. The van der Waals surface area contributed by atoms with E-state index in [-0.39, 0.29) is 12.4 Å². The summed E-state index contributed by atoms with van der Waals surface area (Å²) < 4.78 is 0. The van der Waals surface area contributed by atoms with Crippen molar-refractivity contribution in [2.24, 2.45) is 4.99 Å². The summed E-state index contributed by atoms with van der Waals surface area (Å²) in [6.07, 6.45) is 4.16. The van der Waals surface area contributed by atoms with Crippen molar-refractivity contribution in [2.45, 2.75) is 18.9 Å². The van der Waals surface area contributed by atoms with Crippen molar-refractivity contribution < 1.29 is 0 Å². The Balaban J connectivity index is 0.00000161. The van der Waals surface area contributed by atoms with Crippen molar-refractivity contribution in [3.63, 3.8) is 0 Å². The topological polar surface area (TPSA) is 15.6 Å². The van der Waals surface area contributed by atoms with E-state index < -0.39 is 0 Å². The average Bonchev–Trinajstić information content (AvgIpc) is 2.88. The predicted molar refractivity (Wildman–Crippen MR) is 93.2 cm³/mol. The number of hydrogen-bond acceptors (Lipinski definition) is 2. The van der Waals surface area contributed by atoms with E-state index >= 15 is 0 Å². The van der Waals surface area contributed by atoms with Crippen LogP contribution >= 0.6 is 12.4 Å². The minimum Gasteiger partial charge on any atom is -0.378 e. The Morgan fingerprint density at radius 1 is 1.00 bits per heavy atom. The highest BCUT2D eigenvalue weighted by molar-refractivity contribution is 5.85. The Labute approximate surface area is 132 Å². The van der Waals surface area contributed by atoms with Crippen molar-refractivity contribution in [3.05, 3.63) is 65.2 Å². The molecule has 0 N–H and O–H groups in total. The molecule has 0 unspecified atom stereocenters. The van der Waals surface area contributed by atoms with Crippen LogP contribution in [0.4, 0.5) is 5.69 Å². The van der Waals surface area contributed by atoms with Crippen LogP contribution in [0, 0.1) is 0 Å². The number of nitrogens with zero attached hydrogens (tertiary/aromatic N) is 2. The molecule has 0 saturated heterocycles. The van der Waals surface area contributed by atoms with E-state index in [0.717, 1.165) is 12.8 Å². The van der Waals surface area contributed by atoms with Gasteiger partial charge in [0.2, 0.25) is 0 Å². The largest absolute Gasteiger partial charge is 0.378 e. The summed E-state index contributed by atoms with van der Waals surface area (Å²) in [6, 6.07) is 17.6. The van der Waals surface area contributed by atoms with E-state index in [1.165, 1.54) is 22.4 Å². The number of anilines is 1. The quantitative estimate of drug-likeness (QED) is 0.788. The van der Waals surface area contributed by atoms with Crippen molar-refractivity contribution in [3.8, 4) is 0 Å². The Hall–Kier alpha value is -1.80. The van der Waals surface area contributed by atoms with Crippen LogP contribution in [0.2, 0.25) is 0 Å². The van der Waals surface area contributed by atoms with Crippen LogP contribution in [0.3, 0.4) is 0 Å². The minimum atomic E-state index is 0. The van der Waals surface area contributed by atoms with E-state index in [4.69, 9.17) is 4.99 Å². The van der Waals surface area contributed by atoms with Crippen LogP contribution in [0.25, 0.3) is 0 Å². The van der Waals surface area contributed by atoms with E-state index in [1.54, 1.807) is 0 Å². The third-order valence-corrected chi connectivity index (χ3v) is 3.85. The second kappa shape index (κ2) is 6.77. The van der Waals surface area contributed by atoms with Gasteiger partial charge >= 0.3 is 0 Å². The van der Waals surface area contributed by atoms with Gasteiger partial charge in [-0.3, -0.25) is 4.99 Å². The molecule has 0 amide bonds. The van der Waals surface area contributed by atoms with Gasteiger partial charge in [-0.2, -0.15) is 0 Å². The van der Waals surface area contributed by atoms with Gasteiger partial charge < -0.3 is 4.90 Å². The lowest BCUT2D eigenvalue weighted by Crippen LogP contribution is -2.08. The molecule has 0 heterocycles. The first-order valence-corrected chi connectivity index (χ1v) is 7.10. The normalized spacial score (nSPS) is 14.0. The Morgan fingerprint density at radius 3 is 2.29 bits per heavy atom. The maximum Gasteiger partial charge on any atom is 0.0580 e. The molecule has 0 atom stereocenters. The zero-order valence-corrected chi connectivity index (χ0v) is 13.3. The molecule has 110 valence electrons. The van der Waals surface area contributed by atoms with Crippen LogP contribution in [-0.4, -0.2) is 26.4 Å². The van der Waals surface area contributed by atoms with Crippen LogP contribution in [0.1, 0.15) is 16.7 Å². The molecule has 3 heteroatoms. The van der Waals surface area contributed by atoms with E-state index in [2.05, 4.69) is 67.5 Å². The highest BCUT2D eigenvalue weighted by Crippen LogP contribution is 2.23. The predicted octanol–water partition coefficient (Wildman–Crippen LogP) is 3.76. The summed E-state index contributed by atoms with van der Waals surface area (Å²) >= 11 is 0. The number of aliphatic imine (C=N–C) groups is 1. The highest BCUT2D eigenvalue weighted by Gasteiger charge is 2.19. The fraction of sp³-hybridized carbons (Fsp3) is 0.278. The lowest BCUT2D eigenvalue weighted by molar-refractivity contribution is 0.727. The number of fused-ring (bicyclic) bond motifs is 1. The molecule has 0 bridgehead atoms. The maximum absolute atomic E-state index is 4.77. The van der Waals surface area contributed by atoms with Crippen molar-refractivity contribution >= 4 is 24.3 Å². The maximum atomic E-state index is 4.77. The molecule has 0 fully saturated rings. The first kappa shape index (κ1) is 15.6. The molecule has 2 nitrogen and oxygen atoms in total. The Bertz CT molecular complexity index is 610. The molecule has 2 aromatic rings. The summed E-state index contributed by atoms with van der Waals surface area (Å²) in [5.41, 5.74) is 5.30. The Kier molecular flexibility index (Phi) is 5.03. The summed E-state index contributed by atoms with van der Waals surface area (Å²) in [5.74, 6) is 0. The molecule has 0 spiro atoms. The second-order valence-electron chi connectivity index (χ2n) is 5.60. The molecular weight excluding hydrogens is 280 g/mol. The number of hydrogen-bond donors (Lipinski definition) is 0. The molecule has 0 aliphatic heterocycles. The standard InChI is InChI=1S/C18H20N2.ClH/c1-20(2)18-9-5-6-14(10-18)13-19-17-11-15-7-3-4-8-16(15)12-17;/h3-10,13,17H,11-12H2,1-2H3;1H. The number of benzene rings is 2. The first-order valence-electron chi connectivity index (χ1n) is 7.10. The third kappa shape index (κ3) is 3.64. The molecule has 0 radical (unpaired) electrons. The fourth-order valence-corrected chi connectivity index (χ4v) is 2.72. The highest BCUT2D eigenvalue weighted by atomic mass is 35.5. The van der Waals surface area contributed by atoms with Gasteiger partial charge in [-0.15, -0.1) is 12.4 Å². The third-order valence-electron chi connectivity index (χ3n) is 3.85. The van der Waals surface area contributed by atoms with E-state index in [9.17, 15) is 0 Å². The zero-order chi connectivity index (χ0) is 13.9. The number of rotatable bonds is 3. The summed E-state index contributed by atoms with van der Waals surface area (Å²) in [6.45, 7) is 0. The minimum absolute atomic E-state index is 0. The van der Waals surface area contributed by atoms with Gasteiger partial charge in [-0.1, -0.05) is 36.4 Å². The molecule has 0 aromatic heterocycles. The molecule has 0 saturated carbocycles. The van der Waals surface area contributed by atoms with Crippen molar-refractivity contribution in [2.75, 3.05) is 19.0 Å². The van der Waals surface area contributed by atoms with Gasteiger partial charge in [-0.25, -0.2) is 0 Å². The van der Waals surface area contributed by atoms with Crippen LogP contribution in [-0.2, 0) is 12.8 Å². The molecule has 1 aliphatic rings. The smallest absolute Gasteiger partial charge is 0.0580 e. The van der Waals surface area contributed by atoms with Crippen LogP contribution in [0.15, 0.2) is 53.5 Å². The van der Waals surface area contributed by atoms with Crippen LogP contribution in [0.5, 0.6) is 0 Å². The zero-order valence-electron chi connectivity index (χ0n) is 12.5. The number of halogens is 1. The monoisotopic (exact) mass is 300 g/mol. The van der Waals surface area contributed by atoms with Crippen LogP contribution < -0.4 is 4.90 Å². The van der Waals surface area contributed by atoms with Gasteiger partial charge in [0.25, 0.3) is 0 Å². The fourth-order valence-electron chi connectivity index (χ4n) is 2.72. The SMILES string of the molecule is CN(C)c1cccc(C=NC2Cc3ccccc3C2)c1.Cl. The van der Waals surface area contributed by atoms with Gasteiger partial charge in [-0.05, 0) is 41.7 Å². The summed E-state index contributed by atoms with van der Waals surface area (Å²) in [4.78, 5) is 6.88. The first-order chi connectivity index (χ1) is 9.72. The average molecular weight is 301 g/mol. The molecule has 2 aromatic carbocycles. The van der Waals surface area contributed by atoms with E-state index in [0.29, 0.717) is 6.04 Å². The van der Waals surface area contributed by atoms with E-state index in [1.807, 2.05) is 6.21 Å². The molecule has 1 aliphatic carbocycles. The van der Waals surface area contributed by atoms with Gasteiger partial charge in [0, 0.05) is 26.0 Å². The summed E-state index contributed by atoms with van der Waals surface area (Å²) in [5, 5.41) is 0.